The maximum atomic E-state index is 15.9. The summed E-state index contributed by atoms with van der Waals surface area (Å²) < 4.78 is 723. The van der Waals surface area contributed by atoms with Crippen molar-refractivity contribution in [2.45, 2.75) is 72.9 Å². The minimum atomic E-state index is -4.52. The average Bonchev–Trinajstić information content (AvgIpc) is 0.686. The zero-order valence-electron chi connectivity index (χ0n) is 72.5. The summed E-state index contributed by atoms with van der Waals surface area (Å²) in [6, 6.07) is -6.01. The van der Waals surface area contributed by atoms with Gasteiger partial charge in [-0.1, -0.05) is 0 Å². The number of hydrogen-bond acceptors (Lipinski definition) is 6. The molecule has 0 heterocycles. The summed E-state index contributed by atoms with van der Waals surface area (Å²) in [5.74, 6) is -123. The molecule has 0 saturated heterocycles. The molecule has 3 N–H and O–H groups in total. The van der Waals surface area contributed by atoms with Gasteiger partial charge in [0.2, 0.25) is 0 Å². The molecule has 780 valence electrons. The molecular formula is C90H48BF48N3O3. The van der Waals surface area contributed by atoms with Gasteiger partial charge in [0.05, 0.1) is 16.2 Å². The summed E-state index contributed by atoms with van der Waals surface area (Å²) >= 11 is 0. The van der Waals surface area contributed by atoms with E-state index in [0.717, 1.165) is 0 Å². The molecule has 0 aromatic heterocycles. The first-order valence-corrected chi connectivity index (χ1v) is 38.7. The van der Waals surface area contributed by atoms with Gasteiger partial charge in [-0.25, -0.2) is 211 Å². The molecule has 145 heavy (non-hydrogen) atoms. The molecule has 0 aliphatic rings. The lowest BCUT2D eigenvalue weighted by Crippen LogP contribution is -2.63. The Hall–Kier alpha value is -12.9. The average molecular weight is 2140 g/mol. The van der Waals surface area contributed by atoms with Gasteiger partial charge in [-0.3, -0.25) is 0 Å². The SMILES string of the molecule is CN(C)C(C)(Cc1c(F)cc(F)c(F)c1F)C(c1c(F)cc(F)c(F)c1F)(c1c(F)cc(F)c(F)c1F)c1c(F)cc(F)c(F)c1F.CN(C)C(C)(Cc1c(F)cc(F)c(F)c1F)C(c1c(F)cc(F)c(F)c1F)(c1c(F)cc(F)c(F)c1F)c1c(F)cc(F)c(F)c1F.CN(C)C(C)(Cc1c(F)cc(F)c(F)c1F)C(c1c(F)cc(F)c(F)c1F)(c1c(F)cc(F)c(F)c1F)c1c(F)cc(F)c(F)c1F.OB(O)O. The second-order valence-corrected chi connectivity index (χ2v) is 32.1. The Morgan fingerprint density at radius 3 is 0.345 bits per heavy atom. The molecule has 0 fully saturated rings. The zero-order chi connectivity index (χ0) is 111. The lowest BCUT2D eigenvalue weighted by molar-refractivity contribution is 0.0924. The summed E-state index contributed by atoms with van der Waals surface area (Å²) in [5.41, 5.74) is -50.9. The highest BCUT2D eigenvalue weighted by molar-refractivity contribution is 6.30. The molecule has 0 radical (unpaired) electrons. The van der Waals surface area contributed by atoms with E-state index in [4.69, 9.17) is 15.1 Å². The van der Waals surface area contributed by atoms with Crippen LogP contribution in [0.2, 0.25) is 0 Å². The molecule has 6 nitrogen and oxygen atoms in total. The molecule has 0 saturated carbocycles. The molecule has 0 spiro atoms. The van der Waals surface area contributed by atoms with Gasteiger partial charge in [0.25, 0.3) is 0 Å². The lowest BCUT2D eigenvalue weighted by atomic mass is 9.55. The first-order valence-electron chi connectivity index (χ1n) is 38.7. The Labute approximate surface area is 779 Å². The van der Waals surface area contributed by atoms with E-state index in [-0.39, 0.29) is 18.2 Å². The number of hydrogen-bond donors (Lipinski definition) is 3. The van der Waals surface area contributed by atoms with E-state index in [1.807, 2.05) is 0 Å². The summed E-state index contributed by atoms with van der Waals surface area (Å²) in [6.45, 7) is 1.15. The normalized spacial score (nSPS) is 13.3. The highest BCUT2D eigenvalue weighted by atomic mass is 19.2. The largest absolute Gasteiger partial charge is 0.631 e. The van der Waals surface area contributed by atoms with Crippen LogP contribution in [-0.2, 0) is 35.5 Å². The van der Waals surface area contributed by atoms with E-state index < -0.39 is 460 Å². The van der Waals surface area contributed by atoms with Crippen LogP contribution in [0.3, 0.4) is 0 Å². The van der Waals surface area contributed by atoms with E-state index in [1.165, 1.54) is 0 Å². The predicted molar refractivity (Wildman–Crippen MR) is 405 cm³/mol. The summed E-state index contributed by atoms with van der Waals surface area (Å²) in [5, 5.41) is 21.5. The number of likely N-dealkylation sites (N-methyl/N-ethyl adjacent to an activating group) is 3. The number of nitrogens with zero attached hydrogens (tertiary/aromatic N) is 3. The van der Waals surface area contributed by atoms with Crippen LogP contribution in [0.4, 0.5) is 211 Å². The fraction of sp³-hybridized carbons (Fsp3) is 0.200. The Balaban J connectivity index is 0.000000237. The van der Waals surface area contributed by atoms with E-state index in [0.29, 0.717) is 77.8 Å². The van der Waals surface area contributed by atoms with Gasteiger partial charge in [-0.05, 0) is 82.3 Å². The summed E-state index contributed by atoms with van der Waals surface area (Å²) in [6.07, 6.45) is -5.66. The van der Waals surface area contributed by atoms with E-state index in [9.17, 15) is 105 Å². The van der Waals surface area contributed by atoms with Gasteiger partial charge in [-0.15, -0.1) is 0 Å². The molecule has 12 rings (SSSR count). The first kappa shape index (κ1) is 116. The van der Waals surface area contributed by atoms with E-state index in [2.05, 4.69) is 0 Å². The Morgan fingerprint density at radius 2 is 0.248 bits per heavy atom. The highest BCUT2D eigenvalue weighted by Crippen LogP contribution is 2.62. The van der Waals surface area contributed by atoms with E-state index >= 15 is 105 Å². The molecule has 3 atom stereocenters. The first-order chi connectivity index (χ1) is 66.7. The second kappa shape index (κ2) is 41.9. The van der Waals surface area contributed by atoms with Crippen LogP contribution < -0.4 is 0 Å². The fourth-order valence-corrected chi connectivity index (χ4v) is 16.9. The maximum Gasteiger partial charge on any atom is 0.631 e. The summed E-state index contributed by atoms with van der Waals surface area (Å²) in [7, 11) is 1.95. The van der Waals surface area contributed by atoms with E-state index in [1.54, 1.807) is 0 Å². The summed E-state index contributed by atoms with van der Waals surface area (Å²) in [4.78, 5) is 1.15. The number of benzene rings is 12. The van der Waals surface area contributed by atoms with Crippen molar-refractivity contribution in [1.82, 2.24) is 14.7 Å². The Kier molecular flexibility index (Phi) is 33.4. The van der Waals surface area contributed by atoms with Crippen molar-refractivity contribution in [2.24, 2.45) is 0 Å². The molecule has 0 bridgehead atoms. The van der Waals surface area contributed by atoms with Crippen LogP contribution in [0.25, 0.3) is 0 Å². The fourth-order valence-electron chi connectivity index (χ4n) is 16.9. The second-order valence-electron chi connectivity index (χ2n) is 32.1. The third-order valence-electron chi connectivity index (χ3n) is 24.0. The van der Waals surface area contributed by atoms with Crippen LogP contribution in [0.15, 0.2) is 72.8 Å². The molecule has 0 aliphatic carbocycles. The Bertz CT molecular complexity index is 6100. The van der Waals surface area contributed by atoms with Crippen LogP contribution in [0.1, 0.15) is 87.5 Å². The van der Waals surface area contributed by atoms with Crippen molar-refractivity contribution in [1.29, 1.82) is 0 Å². The van der Waals surface area contributed by atoms with Crippen LogP contribution in [0, 0.1) is 279 Å². The van der Waals surface area contributed by atoms with Crippen molar-refractivity contribution in [2.75, 3.05) is 42.3 Å². The lowest BCUT2D eigenvalue weighted by Gasteiger charge is -2.53. The van der Waals surface area contributed by atoms with Gasteiger partial charge in [0.1, 0.15) is 69.8 Å². The quantitative estimate of drug-likeness (QED) is 0.0219. The molecule has 12 aromatic carbocycles. The minimum Gasteiger partial charge on any atom is -0.402 e. The predicted octanol–water partition coefficient (Wildman–Crippen LogP) is 24.4. The number of halogens is 48. The van der Waals surface area contributed by atoms with Crippen molar-refractivity contribution in [3.8, 4) is 0 Å². The minimum absolute atomic E-state index is 0.304. The molecule has 3 unspecified atom stereocenters. The van der Waals surface area contributed by atoms with Gasteiger partial charge >= 0.3 is 7.32 Å². The maximum absolute atomic E-state index is 15.9. The van der Waals surface area contributed by atoms with Gasteiger partial charge in [0, 0.05) is 156 Å². The van der Waals surface area contributed by atoms with Crippen molar-refractivity contribution in [3.05, 3.63) is 419 Å². The molecule has 12 aromatic rings. The monoisotopic (exact) mass is 2140 g/mol. The third kappa shape index (κ3) is 18.8. The molecule has 55 heteroatoms. The zero-order valence-corrected chi connectivity index (χ0v) is 72.5. The highest BCUT2D eigenvalue weighted by Gasteiger charge is 2.67. The van der Waals surface area contributed by atoms with Gasteiger partial charge in [0.15, 0.2) is 209 Å². The smallest absolute Gasteiger partial charge is 0.402 e. The van der Waals surface area contributed by atoms with Crippen molar-refractivity contribution in [3.63, 3.8) is 0 Å². The third-order valence-corrected chi connectivity index (χ3v) is 24.0. The van der Waals surface area contributed by atoms with Crippen LogP contribution in [-0.4, -0.2) is 96.0 Å². The van der Waals surface area contributed by atoms with Crippen LogP contribution in [0.5, 0.6) is 0 Å². The van der Waals surface area contributed by atoms with Gasteiger partial charge < -0.3 is 29.8 Å². The van der Waals surface area contributed by atoms with Gasteiger partial charge in [-0.2, -0.15) is 0 Å². The molecule has 0 aliphatic heterocycles. The standard InChI is InChI=1S/3C30H15F16N.BH3O3/c3*1-29(47(2)3,8-9-10(31)4-14(35)22(40)21(9)39)30(18-11(32)5-15(36)23(41)26(18)44,19-12(33)6-16(37)24(42)27(19)45)20-13(34)7-17(38)25(43)28(20)46;2-1(3)4/h3*4-7H,8H2,1-3H3;2-4H. The topological polar surface area (TPSA) is 70.4 Å². The molecular weight excluding hydrogens is 2090 g/mol. The van der Waals surface area contributed by atoms with Crippen LogP contribution >= 0.6 is 0 Å². The molecule has 0 amide bonds. The number of rotatable bonds is 21. The van der Waals surface area contributed by atoms with Crippen molar-refractivity contribution < 1.29 is 226 Å². The van der Waals surface area contributed by atoms with Crippen molar-refractivity contribution >= 4 is 7.32 Å². The Morgan fingerprint density at radius 1 is 0.159 bits per heavy atom.